The molecule has 0 heterocycles. The number of aromatic hydroxyl groups is 1. The fourth-order valence-electron chi connectivity index (χ4n) is 0.878. The lowest BCUT2D eigenvalue weighted by molar-refractivity contribution is 0.468. The zero-order chi connectivity index (χ0) is 7.40. The minimum absolute atomic E-state index is 0.341. The van der Waals surface area contributed by atoms with E-state index in [1.807, 2.05) is 12.1 Å². The van der Waals surface area contributed by atoms with Gasteiger partial charge in [0.15, 0.2) is 0 Å². The zero-order valence-corrected chi connectivity index (χ0v) is 5.75. The van der Waals surface area contributed by atoms with Crippen molar-refractivity contribution in [3.63, 3.8) is 0 Å². The Balaban J connectivity index is 2.81. The van der Waals surface area contributed by atoms with Crippen LogP contribution in [0.15, 0.2) is 24.3 Å². The van der Waals surface area contributed by atoms with Crippen LogP contribution in [-0.4, -0.2) is 11.7 Å². The average Bonchev–Trinajstić information content (AvgIpc) is 1.94. The molecule has 2 heteroatoms. The second kappa shape index (κ2) is 3.22. The molecule has 0 amide bonds. The van der Waals surface area contributed by atoms with Crippen LogP contribution < -0.4 is 5.73 Å². The highest BCUT2D eigenvalue weighted by Gasteiger charge is 1.95. The molecule has 1 aromatic rings. The predicted octanol–water partition coefficient (Wildman–Crippen LogP) is 0.893. The monoisotopic (exact) mass is 137 g/mol. The minimum atomic E-state index is 0.341. The third kappa shape index (κ3) is 1.48. The van der Waals surface area contributed by atoms with Crippen LogP contribution in [0.5, 0.6) is 5.75 Å². The fraction of sp³-hybridized carbons (Fsp3) is 0.250. The predicted molar refractivity (Wildman–Crippen MR) is 40.9 cm³/mol. The second-order valence-electron chi connectivity index (χ2n) is 2.17. The van der Waals surface area contributed by atoms with E-state index in [0.717, 1.165) is 12.0 Å². The summed E-state index contributed by atoms with van der Waals surface area (Å²) in [7, 11) is 0. The molecule has 0 fully saturated rings. The maximum Gasteiger partial charge on any atom is 0.118 e. The summed E-state index contributed by atoms with van der Waals surface area (Å²) in [6.07, 6.45) is 0.743. The Morgan fingerprint density at radius 2 is 2.00 bits per heavy atom. The van der Waals surface area contributed by atoms with Crippen molar-refractivity contribution in [2.75, 3.05) is 6.54 Å². The van der Waals surface area contributed by atoms with Crippen molar-refractivity contribution in [1.82, 2.24) is 0 Å². The molecule has 54 valence electrons. The van der Waals surface area contributed by atoms with Gasteiger partial charge in [-0.3, -0.25) is 0 Å². The molecule has 2 nitrogen and oxygen atoms in total. The van der Waals surface area contributed by atoms with Crippen molar-refractivity contribution < 1.29 is 5.11 Å². The molecular weight excluding hydrogens is 126 g/mol. The number of hydrogen-bond acceptors (Lipinski definition) is 2. The van der Waals surface area contributed by atoms with Crippen LogP contribution in [0.4, 0.5) is 0 Å². The first-order valence-corrected chi connectivity index (χ1v) is 3.31. The van der Waals surface area contributed by atoms with E-state index in [2.05, 4.69) is 0 Å². The summed E-state index contributed by atoms with van der Waals surface area (Å²) in [6.45, 7) is 0.581. The molecule has 1 rings (SSSR count). The molecule has 0 aliphatic heterocycles. The van der Waals surface area contributed by atoms with Crippen molar-refractivity contribution in [1.29, 1.82) is 0 Å². The van der Waals surface area contributed by atoms with Crippen LogP contribution in [0.3, 0.4) is 0 Å². The van der Waals surface area contributed by atoms with Crippen LogP contribution in [0.1, 0.15) is 5.56 Å². The first kappa shape index (κ1) is 7.09. The van der Waals surface area contributed by atoms with Crippen molar-refractivity contribution in [2.45, 2.75) is 6.42 Å². The summed E-state index contributed by atoms with van der Waals surface area (Å²) < 4.78 is 0. The Morgan fingerprint density at radius 3 is 2.60 bits per heavy atom. The second-order valence-corrected chi connectivity index (χ2v) is 2.17. The highest BCUT2D eigenvalue weighted by molar-refractivity contribution is 5.31. The summed E-state index contributed by atoms with van der Waals surface area (Å²) in [5.74, 6) is 0.341. The minimum Gasteiger partial charge on any atom is -0.508 e. The number of rotatable bonds is 2. The number of phenolic OH excluding ortho intramolecular Hbond substituents is 1. The van der Waals surface area contributed by atoms with E-state index in [0.29, 0.717) is 12.3 Å². The van der Waals surface area contributed by atoms with E-state index < -0.39 is 0 Å². The molecule has 0 atom stereocenters. The topological polar surface area (TPSA) is 46.2 Å². The van der Waals surface area contributed by atoms with E-state index in [4.69, 9.17) is 5.73 Å². The summed E-state index contributed by atoms with van der Waals surface area (Å²) in [5, 5.41) is 9.19. The Labute approximate surface area is 60.3 Å². The van der Waals surface area contributed by atoms with Gasteiger partial charge in [-0.25, -0.2) is 0 Å². The molecule has 3 N–H and O–H groups in total. The smallest absolute Gasteiger partial charge is 0.118 e. The molecule has 0 radical (unpaired) electrons. The van der Waals surface area contributed by atoms with Crippen LogP contribution in [0, 0.1) is 0 Å². The molecule has 0 spiro atoms. The first-order valence-electron chi connectivity index (χ1n) is 3.31. The number of phenols is 1. The van der Waals surface area contributed by atoms with Crippen LogP contribution in [-0.2, 0) is 6.42 Å². The van der Waals surface area contributed by atoms with Gasteiger partial charge < -0.3 is 10.8 Å². The van der Waals surface area contributed by atoms with Gasteiger partial charge in [0.05, 0.1) is 0 Å². The highest BCUT2D eigenvalue weighted by Crippen LogP contribution is 2.14. The van der Waals surface area contributed by atoms with E-state index in [1.54, 1.807) is 12.1 Å². The van der Waals surface area contributed by atoms with Crippen molar-refractivity contribution in [3.05, 3.63) is 29.8 Å². The quantitative estimate of drug-likeness (QED) is 0.636. The maximum atomic E-state index is 9.19. The molecule has 0 aromatic heterocycles. The van der Waals surface area contributed by atoms with Gasteiger partial charge in [0.2, 0.25) is 0 Å². The van der Waals surface area contributed by atoms with Gasteiger partial charge in [-0.2, -0.15) is 0 Å². The van der Waals surface area contributed by atoms with Crippen LogP contribution in [0.25, 0.3) is 0 Å². The third-order valence-electron chi connectivity index (χ3n) is 1.41. The lowest BCUT2D eigenvalue weighted by Gasteiger charge is -1.99. The summed E-state index contributed by atoms with van der Waals surface area (Å²) >= 11 is 0. The zero-order valence-electron chi connectivity index (χ0n) is 5.75. The largest absolute Gasteiger partial charge is 0.508 e. The standard InChI is InChI=1S/C8H11NO/c9-6-5-7-3-1-2-4-8(7)10/h1-4,10H,5-6,9H2. The lowest BCUT2D eigenvalue weighted by Crippen LogP contribution is -2.02. The Kier molecular flexibility index (Phi) is 2.29. The van der Waals surface area contributed by atoms with E-state index in [1.165, 1.54) is 0 Å². The molecule has 0 aliphatic rings. The number of hydrogen-bond donors (Lipinski definition) is 2. The van der Waals surface area contributed by atoms with Gasteiger partial charge >= 0.3 is 0 Å². The van der Waals surface area contributed by atoms with Gasteiger partial charge in [0.1, 0.15) is 5.75 Å². The molecule has 0 unspecified atom stereocenters. The van der Waals surface area contributed by atoms with Crippen LogP contribution in [0.2, 0.25) is 0 Å². The van der Waals surface area contributed by atoms with E-state index in [-0.39, 0.29) is 0 Å². The Morgan fingerprint density at radius 1 is 1.30 bits per heavy atom. The molecule has 10 heavy (non-hydrogen) atoms. The average molecular weight is 137 g/mol. The van der Waals surface area contributed by atoms with Crippen molar-refractivity contribution in [3.8, 4) is 5.75 Å². The fourth-order valence-corrected chi connectivity index (χ4v) is 0.878. The van der Waals surface area contributed by atoms with Gasteiger partial charge in [-0.15, -0.1) is 0 Å². The van der Waals surface area contributed by atoms with E-state index >= 15 is 0 Å². The molecule has 1 aromatic carbocycles. The van der Waals surface area contributed by atoms with Gasteiger partial charge in [0, 0.05) is 0 Å². The number of nitrogens with two attached hydrogens (primary N) is 1. The number of benzene rings is 1. The first-order chi connectivity index (χ1) is 4.84. The normalized spacial score (nSPS) is 9.70. The van der Waals surface area contributed by atoms with Crippen LogP contribution >= 0.6 is 0 Å². The molecular formula is C8H11NO. The summed E-state index contributed by atoms with van der Waals surface area (Å²) in [5.41, 5.74) is 6.24. The van der Waals surface area contributed by atoms with Gasteiger partial charge in [0.25, 0.3) is 0 Å². The third-order valence-corrected chi connectivity index (χ3v) is 1.41. The Hall–Kier alpha value is -1.02. The van der Waals surface area contributed by atoms with Crippen molar-refractivity contribution in [2.24, 2.45) is 5.73 Å². The lowest BCUT2D eigenvalue weighted by atomic mass is 10.1. The summed E-state index contributed by atoms with van der Waals surface area (Å²) in [4.78, 5) is 0. The van der Waals surface area contributed by atoms with E-state index in [9.17, 15) is 5.11 Å². The van der Waals surface area contributed by atoms with Gasteiger partial charge in [-0.1, -0.05) is 18.2 Å². The Bertz CT molecular complexity index is 210. The SMILES string of the molecule is NCCc1ccccc1O. The summed E-state index contributed by atoms with van der Waals surface area (Å²) in [6, 6.07) is 7.24. The molecule has 0 aliphatic carbocycles. The number of para-hydroxylation sites is 1. The highest BCUT2D eigenvalue weighted by atomic mass is 16.3. The molecule has 0 saturated heterocycles. The maximum absolute atomic E-state index is 9.19. The molecule has 0 saturated carbocycles. The van der Waals surface area contributed by atoms with Gasteiger partial charge in [-0.05, 0) is 24.6 Å². The molecule has 0 bridgehead atoms. The van der Waals surface area contributed by atoms with Crippen molar-refractivity contribution >= 4 is 0 Å².